The molecule has 1 aliphatic heterocycles. The lowest BCUT2D eigenvalue weighted by Gasteiger charge is -2.14. The monoisotopic (exact) mass is 395 g/mol. The van der Waals surface area contributed by atoms with Crippen LogP contribution >= 0.6 is 24.0 Å². The highest BCUT2D eigenvalue weighted by Crippen LogP contribution is 2.37. The van der Waals surface area contributed by atoms with Gasteiger partial charge in [0.2, 0.25) is 0 Å². The summed E-state index contributed by atoms with van der Waals surface area (Å²) in [6.45, 7) is 2.55. The van der Waals surface area contributed by atoms with E-state index in [2.05, 4.69) is 5.92 Å². The van der Waals surface area contributed by atoms with E-state index in [1.165, 1.54) is 11.8 Å². The quantitative estimate of drug-likeness (QED) is 0.409. The molecule has 1 saturated heterocycles. The summed E-state index contributed by atoms with van der Waals surface area (Å²) in [6.07, 6.45) is 7.05. The lowest BCUT2D eigenvalue weighted by molar-refractivity contribution is -0.113. The minimum absolute atomic E-state index is 0.137. The van der Waals surface area contributed by atoms with Crippen LogP contribution in [-0.4, -0.2) is 23.4 Å². The first-order valence-electron chi connectivity index (χ1n) is 8.30. The minimum Gasteiger partial charge on any atom is -0.490 e. The van der Waals surface area contributed by atoms with Crippen LogP contribution in [0, 0.1) is 12.3 Å². The SMILES string of the molecule is C#CCOc1ccc(/C=C2\SC(=S)N(c3ccccc3)C2=O)cc1OCC. The minimum atomic E-state index is -0.137. The highest BCUT2D eigenvalue weighted by molar-refractivity contribution is 8.27. The molecule has 1 fully saturated rings. The third kappa shape index (κ3) is 4.33. The van der Waals surface area contributed by atoms with E-state index in [-0.39, 0.29) is 12.5 Å². The van der Waals surface area contributed by atoms with Crippen molar-refractivity contribution in [3.8, 4) is 23.8 Å². The van der Waals surface area contributed by atoms with Crippen LogP contribution < -0.4 is 14.4 Å². The van der Waals surface area contributed by atoms with Crippen molar-refractivity contribution < 1.29 is 14.3 Å². The molecule has 2 aromatic carbocycles. The Morgan fingerprint density at radius 1 is 1.19 bits per heavy atom. The Balaban J connectivity index is 1.88. The maximum atomic E-state index is 12.8. The summed E-state index contributed by atoms with van der Waals surface area (Å²) in [5, 5.41) is 0. The van der Waals surface area contributed by atoms with Crippen LogP contribution in [0.3, 0.4) is 0 Å². The molecule has 0 aromatic heterocycles. The van der Waals surface area contributed by atoms with Gasteiger partial charge in [-0.2, -0.15) is 0 Å². The van der Waals surface area contributed by atoms with Crippen LogP contribution in [0.25, 0.3) is 6.08 Å². The smallest absolute Gasteiger partial charge is 0.270 e. The summed E-state index contributed by atoms with van der Waals surface area (Å²) in [5.74, 6) is 3.45. The Labute approximate surface area is 168 Å². The number of ether oxygens (including phenoxy) is 2. The van der Waals surface area contributed by atoms with Crippen molar-refractivity contribution in [2.45, 2.75) is 6.92 Å². The second-order valence-corrected chi connectivity index (χ2v) is 7.16. The predicted octanol–water partition coefficient (Wildman–Crippen LogP) is 4.50. The topological polar surface area (TPSA) is 38.8 Å². The molecule has 3 rings (SSSR count). The van der Waals surface area contributed by atoms with Crippen molar-refractivity contribution in [3.63, 3.8) is 0 Å². The molecular weight excluding hydrogens is 378 g/mol. The molecule has 2 aromatic rings. The van der Waals surface area contributed by atoms with Crippen LogP contribution in [0.5, 0.6) is 11.5 Å². The summed E-state index contributed by atoms with van der Waals surface area (Å²) in [7, 11) is 0. The highest BCUT2D eigenvalue weighted by atomic mass is 32.2. The third-order valence-corrected chi connectivity index (χ3v) is 4.99. The number of rotatable bonds is 6. The largest absolute Gasteiger partial charge is 0.490 e. The average Bonchev–Trinajstić information content (AvgIpc) is 2.95. The van der Waals surface area contributed by atoms with Gasteiger partial charge in [0.25, 0.3) is 5.91 Å². The summed E-state index contributed by atoms with van der Waals surface area (Å²) >= 11 is 6.67. The first kappa shape index (κ1) is 19.0. The van der Waals surface area contributed by atoms with Gasteiger partial charge in [-0.1, -0.05) is 54.2 Å². The van der Waals surface area contributed by atoms with Crippen molar-refractivity contribution in [2.75, 3.05) is 18.1 Å². The molecule has 0 aliphatic carbocycles. The zero-order chi connectivity index (χ0) is 19.2. The van der Waals surface area contributed by atoms with Crippen LogP contribution in [0.1, 0.15) is 12.5 Å². The number of para-hydroxylation sites is 1. The standard InChI is InChI=1S/C21H17NO3S2/c1-3-12-25-17-11-10-15(13-18(17)24-4-2)14-19-20(23)22(21(26)27-19)16-8-6-5-7-9-16/h1,5-11,13-14H,4,12H2,2H3/b19-14-. The Kier molecular flexibility index (Phi) is 6.17. The number of terminal acetylenes is 1. The summed E-state index contributed by atoms with van der Waals surface area (Å²) in [4.78, 5) is 14.9. The molecule has 136 valence electrons. The maximum Gasteiger partial charge on any atom is 0.270 e. The fourth-order valence-electron chi connectivity index (χ4n) is 2.54. The van der Waals surface area contributed by atoms with E-state index in [9.17, 15) is 4.79 Å². The molecule has 0 spiro atoms. The molecule has 6 heteroatoms. The molecule has 4 nitrogen and oxygen atoms in total. The number of thioether (sulfide) groups is 1. The normalized spacial score (nSPS) is 15.1. The molecule has 0 atom stereocenters. The number of nitrogens with zero attached hydrogens (tertiary/aromatic N) is 1. The van der Waals surface area contributed by atoms with Gasteiger partial charge in [-0.3, -0.25) is 9.69 Å². The van der Waals surface area contributed by atoms with Gasteiger partial charge in [0.05, 0.1) is 17.2 Å². The third-order valence-electron chi connectivity index (χ3n) is 3.68. The molecule has 27 heavy (non-hydrogen) atoms. The van der Waals surface area contributed by atoms with Crippen LogP contribution in [0.2, 0.25) is 0 Å². The Morgan fingerprint density at radius 3 is 2.67 bits per heavy atom. The lowest BCUT2D eigenvalue weighted by atomic mass is 10.1. The average molecular weight is 396 g/mol. The van der Waals surface area contributed by atoms with Crippen molar-refractivity contribution in [3.05, 3.63) is 59.0 Å². The summed E-state index contributed by atoms with van der Waals surface area (Å²) < 4.78 is 11.6. The molecule has 0 unspecified atom stereocenters. The molecule has 0 saturated carbocycles. The van der Waals surface area contributed by atoms with Crippen molar-refractivity contribution in [2.24, 2.45) is 0 Å². The van der Waals surface area contributed by atoms with Gasteiger partial charge in [-0.25, -0.2) is 0 Å². The summed E-state index contributed by atoms with van der Waals surface area (Å²) in [6, 6.07) is 14.8. The van der Waals surface area contributed by atoms with E-state index in [0.717, 1.165) is 11.3 Å². The summed E-state index contributed by atoms with van der Waals surface area (Å²) in [5.41, 5.74) is 1.58. The second-order valence-electron chi connectivity index (χ2n) is 5.48. The molecule has 0 N–H and O–H groups in total. The lowest BCUT2D eigenvalue weighted by Crippen LogP contribution is -2.27. The van der Waals surface area contributed by atoms with E-state index in [1.807, 2.05) is 49.4 Å². The fraction of sp³-hybridized carbons (Fsp3) is 0.143. The first-order valence-corrected chi connectivity index (χ1v) is 9.52. The molecule has 1 heterocycles. The second kappa shape index (κ2) is 8.76. The van der Waals surface area contributed by atoms with Gasteiger partial charge >= 0.3 is 0 Å². The zero-order valence-electron chi connectivity index (χ0n) is 14.7. The predicted molar refractivity (Wildman–Crippen MR) is 114 cm³/mol. The zero-order valence-corrected chi connectivity index (χ0v) is 16.3. The van der Waals surface area contributed by atoms with Crippen LogP contribution in [0.15, 0.2) is 53.4 Å². The van der Waals surface area contributed by atoms with E-state index in [1.54, 1.807) is 17.0 Å². The number of benzene rings is 2. The fourth-order valence-corrected chi connectivity index (χ4v) is 3.84. The Bertz CT molecular complexity index is 932. The van der Waals surface area contributed by atoms with Gasteiger partial charge < -0.3 is 9.47 Å². The number of amides is 1. The maximum absolute atomic E-state index is 12.8. The number of anilines is 1. The van der Waals surface area contributed by atoms with Crippen LogP contribution in [0.4, 0.5) is 5.69 Å². The molecule has 0 radical (unpaired) electrons. The van der Waals surface area contributed by atoms with E-state index >= 15 is 0 Å². The van der Waals surface area contributed by atoms with Gasteiger partial charge in [0, 0.05) is 0 Å². The van der Waals surface area contributed by atoms with Gasteiger partial charge in [0.15, 0.2) is 15.8 Å². The molecule has 0 bridgehead atoms. The van der Waals surface area contributed by atoms with Crippen LogP contribution in [-0.2, 0) is 4.79 Å². The van der Waals surface area contributed by atoms with Gasteiger partial charge in [-0.05, 0) is 42.8 Å². The Morgan fingerprint density at radius 2 is 1.96 bits per heavy atom. The molecular formula is C21H17NO3S2. The van der Waals surface area contributed by atoms with E-state index in [0.29, 0.717) is 27.3 Å². The number of hydrogen-bond donors (Lipinski definition) is 0. The number of carbonyl (C=O) groups is 1. The van der Waals surface area contributed by atoms with Crippen molar-refractivity contribution >= 4 is 46.0 Å². The molecule has 1 amide bonds. The number of hydrogen-bond acceptors (Lipinski definition) is 5. The molecule has 1 aliphatic rings. The number of carbonyl (C=O) groups excluding carboxylic acids is 1. The van der Waals surface area contributed by atoms with E-state index < -0.39 is 0 Å². The number of thiocarbonyl (C=S) groups is 1. The van der Waals surface area contributed by atoms with E-state index in [4.69, 9.17) is 28.1 Å². The van der Waals surface area contributed by atoms with Crippen molar-refractivity contribution in [1.82, 2.24) is 0 Å². The van der Waals surface area contributed by atoms with Gasteiger partial charge in [0.1, 0.15) is 6.61 Å². The van der Waals surface area contributed by atoms with Crippen molar-refractivity contribution in [1.29, 1.82) is 0 Å². The Hall–Kier alpha value is -2.75. The van der Waals surface area contributed by atoms with Gasteiger partial charge in [-0.15, -0.1) is 6.42 Å². The first-order chi connectivity index (χ1) is 13.1. The highest BCUT2D eigenvalue weighted by Gasteiger charge is 2.33.